The number of hydrogen-bond acceptors (Lipinski definition) is 6. The maximum Gasteiger partial charge on any atom is 0.434 e. The molecule has 1 N–H and O–H groups in total. The van der Waals surface area contributed by atoms with E-state index >= 15 is 0 Å². The first-order chi connectivity index (χ1) is 10.2. The van der Waals surface area contributed by atoms with Gasteiger partial charge in [0, 0.05) is 13.1 Å². The first-order valence-electron chi connectivity index (χ1n) is 7.43. The van der Waals surface area contributed by atoms with Crippen LogP contribution >= 0.6 is 0 Å². The van der Waals surface area contributed by atoms with Crippen molar-refractivity contribution in [3.05, 3.63) is 16.4 Å². The molecule has 1 amide bonds. The number of carbonyl (C=O) groups is 1. The zero-order valence-electron chi connectivity index (χ0n) is 13.4. The maximum atomic E-state index is 12.0. The summed E-state index contributed by atoms with van der Waals surface area (Å²) in [5, 5.41) is 5.96. The summed E-state index contributed by atoms with van der Waals surface area (Å²) >= 11 is 0. The van der Waals surface area contributed by atoms with Crippen LogP contribution in [0.25, 0.3) is 0 Å². The van der Waals surface area contributed by atoms with Gasteiger partial charge in [-0.15, -0.1) is 5.10 Å². The van der Waals surface area contributed by atoms with E-state index in [1.54, 1.807) is 11.8 Å². The molecule has 22 heavy (non-hydrogen) atoms. The van der Waals surface area contributed by atoms with Crippen molar-refractivity contribution < 1.29 is 18.7 Å². The normalized spacial score (nSPS) is 18.3. The number of H-pyrrole nitrogens is 1. The van der Waals surface area contributed by atoms with E-state index in [-0.39, 0.29) is 18.1 Å². The van der Waals surface area contributed by atoms with Crippen molar-refractivity contribution in [2.75, 3.05) is 13.1 Å². The smallest absolute Gasteiger partial charge is 0.434 e. The van der Waals surface area contributed by atoms with Crippen LogP contribution in [0.15, 0.2) is 9.21 Å². The standard InChI is InChI=1S/C14H23N3O5/c1-9(11-15-16-12(18)21-11)20-10-5-7-17(8-6-10)13(19)22-14(2,3)4/h9-10H,5-8H2,1-4H3,(H,16,18). The summed E-state index contributed by atoms with van der Waals surface area (Å²) in [5.41, 5.74) is -0.490. The Morgan fingerprint density at radius 1 is 1.41 bits per heavy atom. The van der Waals surface area contributed by atoms with Gasteiger partial charge in [-0.05, 0) is 40.5 Å². The first-order valence-corrected chi connectivity index (χ1v) is 7.43. The van der Waals surface area contributed by atoms with Crippen LogP contribution in [0.3, 0.4) is 0 Å². The number of hydrogen-bond donors (Lipinski definition) is 1. The number of rotatable bonds is 3. The molecule has 0 aliphatic carbocycles. The summed E-state index contributed by atoms with van der Waals surface area (Å²) in [4.78, 5) is 24.6. The molecule has 1 aromatic heterocycles. The van der Waals surface area contributed by atoms with Gasteiger partial charge in [-0.1, -0.05) is 0 Å². The minimum atomic E-state index is -0.592. The van der Waals surface area contributed by atoms with Gasteiger partial charge in [0.25, 0.3) is 0 Å². The number of aromatic nitrogens is 2. The van der Waals surface area contributed by atoms with Gasteiger partial charge in [0.2, 0.25) is 5.89 Å². The van der Waals surface area contributed by atoms with Gasteiger partial charge in [0.05, 0.1) is 6.10 Å². The molecule has 2 rings (SSSR count). The molecule has 1 saturated heterocycles. The summed E-state index contributed by atoms with van der Waals surface area (Å²) in [6.45, 7) is 8.48. The van der Waals surface area contributed by atoms with Gasteiger partial charge in [0.1, 0.15) is 11.7 Å². The highest BCUT2D eigenvalue weighted by Gasteiger charge is 2.28. The average molecular weight is 313 g/mol. The topological polar surface area (TPSA) is 97.7 Å². The fourth-order valence-electron chi connectivity index (χ4n) is 2.26. The Bertz CT molecular complexity index is 551. The SMILES string of the molecule is CC(OC1CCN(C(=O)OC(C)(C)C)CC1)c1n[nH]c(=O)o1. The molecule has 2 heterocycles. The quantitative estimate of drug-likeness (QED) is 0.914. The van der Waals surface area contributed by atoms with Crippen molar-refractivity contribution in [3.8, 4) is 0 Å². The van der Waals surface area contributed by atoms with E-state index in [0.717, 1.165) is 0 Å². The summed E-state index contributed by atoms with van der Waals surface area (Å²) in [5.74, 6) is -0.357. The van der Waals surface area contributed by atoms with Gasteiger partial charge < -0.3 is 18.8 Å². The Kier molecular flexibility index (Phi) is 4.90. The molecule has 0 radical (unpaired) electrons. The predicted octanol–water partition coefficient (Wildman–Crippen LogP) is 1.84. The first kappa shape index (κ1) is 16.5. The molecule has 1 fully saturated rings. The van der Waals surface area contributed by atoms with E-state index in [4.69, 9.17) is 13.9 Å². The van der Waals surface area contributed by atoms with Crippen LogP contribution < -0.4 is 5.76 Å². The highest BCUT2D eigenvalue weighted by molar-refractivity contribution is 5.68. The largest absolute Gasteiger partial charge is 0.444 e. The molecule has 124 valence electrons. The summed E-state index contributed by atoms with van der Waals surface area (Å²) < 4.78 is 16.0. The van der Waals surface area contributed by atoms with Gasteiger partial charge in [-0.25, -0.2) is 14.7 Å². The van der Waals surface area contributed by atoms with Gasteiger partial charge in [-0.3, -0.25) is 0 Å². The van der Waals surface area contributed by atoms with Crippen molar-refractivity contribution >= 4 is 6.09 Å². The lowest BCUT2D eigenvalue weighted by molar-refractivity contribution is -0.0498. The molecule has 1 aliphatic heterocycles. The molecule has 1 aromatic rings. The summed E-state index contributed by atoms with van der Waals surface area (Å²) in [6, 6.07) is 0. The molecular formula is C14H23N3O5. The molecule has 0 saturated carbocycles. The third kappa shape index (κ3) is 4.59. The Morgan fingerprint density at radius 2 is 2.05 bits per heavy atom. The van der Waals surface area contributed by atoms with Crippen LogP contribution in [-0.4, -0.2) is 46.0 Å². The molecular weight excluding hydrogens is 290 g/mol. The number of amides is 1. The van der Waals surface area contributed by atoms with E-state index < -0.39 is 17.5 Å². The van der Waals surface area contributed by atoms with Gasteiger partial charge >= 0.3 is 11.8 Å². The number of aromatic amines is 1. The number of ether oxygens (including phenoxy) is 2. The van der Waals surface area contributed by atoms with Crippen molar-refractivity contribution in [2.45, 2.75) is 58.3 Å². The number of likely N-dealkylation sites (tertiary alicyclic amines) is 1. The molecule has 8 nitrogen and oxygen atoms in total. The lowest BCUT2D eigenvalue weighted by Crippen LogP contribution is -2.43. The lowest BCUT2D eigenvalue weighted by Gasteiger charge is -2.34. The maximum absolute atomic E-state index is 12.0. The number of nitrogens with one attached hydrogen (secondary N) is 1. The second-order valence-electron chi connectivity index (χ2n) is 6.40. The number of nitrogens with zero attached hydrogens (tertiary/aromatic N) is 2. The Morgan fingerprint density at radius 3 is 2.55 bits per heavy atom. The highest BCUT2D eigenvalue weighted by Crippen LogP contribution is 2.22. The van der Waals surface area contributed by atoms with E-state index in [2.05, 4.69) is 10.2 Å². The molecule has 0 aromatic carbocycles. The number of piperidine rings is 1. The summed E-state index contributed by atoms with van der Waals surface area (Å²) in [7, 11) is 0. The van der Waals surface area contributed by atoms with Crippen LogP contribution in [0.2, 0.25) is 0 Å². The van der Waals surface area contributed by atoms with Crippen LogP contribution in [0.4, 0.5) is 4.79 Å². The van der Waals surface area contributed by atoms with E-state index in [1.165, 1.54) is 0 Å². The molecule has 1 atom stereocenters. The van der Waals surface area contributed by atoms with E-state index in [9.17, 15) is 9.59 Å². The summed E-state index contributed by atoms with van der Waals surface area (Å²) in [6.07, 6.45) is 0.709. The Labute approximate surface area is 128 Å². The molecule has 0 bridgehead atoms. The van der Waals surface area contributed by atoms with E-state index in [1.807, 2.05) is 20.8 Å². The van der Waals surface area contributed by atoms with Gasteiger partial charge in [0.15, 0.2) is 0 Å². The molecule has 0 spiro atoms. The van der Waals surface area contributed by atoms with Crippen LogP contribution in [0.1, 0.15) is 52.5 Å². The Balaban J connectivity index is 1.80. The van der Waals surface area contributed by atoms with Crippen molar-refractivity contribution in [2.24, 2.45) is 0 Å². The van der Waals surface area contributed by atoms with Crippen LogP contribution in [0, 0.1) is 0 Å². The zero-order valence-corrected chi connectivity index (χ0v) is 13.4. The average Bonchev–Trinajstić information content (AvgIpc) is 2.84. The van der Waals surface area contributed by atoms with Crippen molar-refractivity contribution in [1.82, 2.24) is 15.1 Å². The third-order valence-corrected chi connectivity index (χ3v) is 3.29. The fraction of sp³-hybridized carbons (Fsp3) is 0.786. The van der Waals surface area contributed by atoms with Gasteiger partial charge in [-0.2, -0.15) is 0 Å². The molecule has 1 unspecified atom stereocenters. The molecule has 1 aliphatic rings. The minimum Gasteiger partial charge on any atom is -0.444 e. The van der Waals surface area contributed by atoms with Crippen LogP contribution in [0.5, 0.6) is 0 Å². The monoisotopic (exact) mass is 313 g/mol. The second-order valence-corrected chi connectivity index (χ2v) is 6.40. The van der Waals surface area contributed by atoms with Crippen molar-refractivity contribution in [1.29, 1.82) is 0 Å². The van der Waals surface area contributed by atoms with Crippen molar-refractivity contribution in [3.63, 3.8) is 0 Å². The fourth-order valence-corrected chi connectivity index (χ4v) is 2.26. The Hall–Kier alpha value is -1.83. The predicted molar refractivity (Wildman–Crippen MR) is 77.5 cm³/mol. The highest BCUT2D eigenvalue weighted by atomic mass is 16.6. The van der Waals surface area contributed by atoms with Crippen LogP contribution in [-0.2, 0) is 9.47 Å². The lowest BCUT2D eigenvalue weighted by atomic mass is 10.1. The third-order valence-electron chi connectivity index (χ3n) is 3.29. The zero-order chi connectivity index (χ0) is 16.3. The number of carbonyl (C=O) groups excluding carboxylic acids is 1. The second kappa shape index (κ2) is 6.51. The molecule has 8 heteroatoms. The minimum absolute atomic E-state index is 0.00399. The van der Waals surface area contributed by atoms with E-state index in [0.29, 0.717) is 25.9 Å².